The summed E-state index contributed by atoms with van der Waals surface area (Å²) in [5.41, 5.74) is 6.26. The molecule has 1 aliphatic rings. The molecule has 1 atom stereocenters. The third-order valence-corrected chi connectivity index (χ3v) is 3.69. The van der Waals surface area contributed by atoms with Crippen LogP contribution >= 0.6 is 0 Å². The molecule has 2 N–H and O–H groups in total. The molecular formula is C17H17NO2. The Hall–Kier alpha value is -2.29. The van der Waals surface area contributed by atoms with Crippen molar-refractivity contribution in [3.63, 3.8) is 0 Å². The van der Waals surface area contributed by atoms with E-state index in [1.165, 1.54) is 22.3 Å². The lowest BCUT2D eigenvalue weighted by atomic mass is 10.1. The van der Waals surface area contributed by atoms with Crippen LogP contribution in [0.15, 0.2) is 42.5 Å². The van der Waals surface area contributed by atoms with E-state index in [1.54, 1.807) is 0 Å². The molecule has 0 aliphatic heterocycles. The summed E-state index contributed by atoms with van der Waals surface area (Å²) in [7, 11) is 0. The van der Waals surface area contributed by atoms with Crippen LogP contribution < -0.4 is 5.32 Å². The minimum Gasteiger partial charge on any atom is -0.481 e. The Balaban J connectivity index is 1.82. The molecule has 0 bridgehead atoms. The second-order valence-corrected chi connectivity index (χ2v) is 5.35. The summed E-state index contributed by atoms with van der Waals surface area (Å²) in [4.78, 5) is 10.7. The summed E-state index contributed by atoms with van der Waals surface area (Å²) in [6, 6.07) is 14.7. The normalized spacial score (nSPS) is 13.4. The number of carbonyl (C=O) groups is 1. The minimum absolute atomic E-state index is 0.0747. The van der Waals surface area contributed by atoms with Gasteiger partial charge in [-0.1, -0.05) is 30.3 Å². The van der Waals surface area contributed by atoms with Crippen LogP contribution in [0.25, 0.3) is 11.1 Å². The Morgan fingerprint density at radius 3 is 2.75 bits per heavy atom. The quantitative estimate of drug-likeness (QED) is 0.760. The van der Waals surface area contributed by atoms with E-state index >= 15 is 0 Å². The van der Waals surface area contributed by atoms with Crippen LogP contribution in [0.2, 0.25) is 0 Å². The van der Waals surface area contributed by atoms with Crippen molar-refractivity contribution in [2.45, 2.75) is 25.8 Å². The van der Waals surface area contributed by atoms with Gasteiger partial charge in [0.15, 0.2) is 0 Å². The Morgan fingerprint density at radius 1 is 1.20 bits per heavy atom. The molecule has 2 aromatic rings. The zero-order valence-corrected chi connectivity index (χ0v) is 11.4. The maximum Gasteiger partial charge on any atom is 0.305 e. The van der Waals surface area contributed by atoms with Gasteiger partial charge in [-0.3, -0.25) is 4.79 Å². The van der Waals surface area contributed by atoms with Gasteiger partial charge in [0.1, 0.15) is 0 Å². The van der Waals surface area contributed by atoms with Crippen molar-refractivity contribution < 1.29 is 9.90 Å². The van der Waals surface area contributed by atoms with Gasteiger partial charge in [-0.05, 0) is 47.7 Å². The van der Waals surface area contributed by atoms with Crippen molar-refractivity contribution in [2.24, 2.45) is 0 Å². The maximum absolute atomic E-state index is 10.7. The Morgan fingerprint density at radius 2 is 1.95 bits per heavy atom. The highest BCUT2D eigenvalue weighted by atomic mass is 16.4. The van der Waals surface area contributed by atoms with Gasteiger partial charge in [0.2, 0.25) is 0 Å². The van der Waals surface area contributed by atoms with E-state index in [1.807, 2.05) is 13.0 Å². The van der Waals surface area contributed by atoms with Gasteiger partial charge in [0.25, 0.3) is 0 Å². The van der Waals surface area contributed by atoms with E-state index in [0.29, 0.717) is 0 Å². The number of carboxylic acid groups (broad SMARTS) is 1. The summed E-state index contributed by atoms with van der Waals surface area (Å²) in [6.07, 6.45) is 1.08. The molecule has 3 rings (SSSR count). The topological polar surface area (TPSA) is 49.3 Å². The Bertz CT molecular complexity index is 664. The number of carboxylic acids is 1. The number of fused-ring (bicyclic) bond motifs is 3. The lowest BCUT2D eigenvalue weighted by Crippen LogP contribution is -2.19. The van der Waals surface area contributed by atoms with Gasteiger partial charge in [-0.2, -0.15) is 0 Å². The van der Waals surface area contributed by atoms with Crippen molar-refractivity contribution >= 4 is 11.7 Å². The molecule has 102 valence electrons. The fourth-order valence-corrected chi connectivity index (χ4v) is 2.83. The monoisotopic (exact) mass is 267 g/mol. The van der Waals surface area contributed by atoms with E-state index in [9.17, 15) is 4.79 Å². The average molecular weight is 267 g/mol. The molecule has 3 heteroatoms. The van der Waals surface area contributed by atoms with E-state index < -0.39 is 5.97 Å². The first-order valence-electron chi connectivity index (χ1n) is 6.83. The van der Waals surface area contributed by atoms with Gasteiger partial charge in [0.05, 0.1) is 6.42 Å². The fourth-order valence-electron chi connectivity index (χ4n) is 2.83. The third-order valence-electron chi connectivity index (χ3n) is 3.69. The van der Waals surface area contributed by atoms with Gasteiger partial charge in [-0.25, -0.2) is 0 Å². The lowest BCUT2D eigenvalue weighted by Gasteiger charge is -2.14. The number of aliphatic carboxylic acids is 1. The molecule has 0 heterocycles. The highest BCUT2D eigenvalue weighted by molar-refractivity contribution is 5.78. The molecule has 0 spiro atoms. The highest BCUT2D eigenvalue weighted by Crippen LogP contribution is 2.37. The fraction of sp³-hybridized carbons (Fsp3) is 0.235. The predicted octanol–water partition coefficient (Wildman–Crippen LogP) is 3.53. The molecule has 0 saturated carbocycles. The first-order valence-corrected chi connectivity index (χ1v) is 6.83. The zero-order valence-electron chi connectivity index (χ0n) is 11.4. The number of hydrogen-bond acceptors (Lipinski definition) is 2. The molecule has 0 fully saturated rings. The minimum atomic E-state index is -0.779. The van der Waals surface area contributed by atoms with Crippen LogP contribution in [-0.4, -0.2) is 17.1 Å². The molecule has 0 amide bonds. The average Bonchev–Trinajstić information content (AvgIpc) is 2.75. The van der Waals surface area contributed by atoms with Crippen LogP contribution in [0.3, 0.4) is 0 Å². The van der Waals surface area contributed by atoms with Gasteiger partial charge >= 0.3 is 5.97 Å². The molecule has 0 aromatic heterocycles. The first-order chi connectivity index (χ1) is 9.63. The molecule has 20 heavy (non-hydrogen) atoms. The van der Waals surface area contributed by atoms with E-state index in [0.717, 1.165) is 12.1 Å². The highest BCUT2D eigenvalue weighted by Gasteiger charge is 2.18. The van der Waals surface area contributed by atoms with Crippen LogP contribution in [0.5, 0.6) is 0 Å². The van der Waals surface area contributed by atoms with Crippen molar-refractivity contribution in [1.29, 1.82) is 0 Å². The smallest absolute Gasteiger partial charge is 0.305 e. The van der Waals surface area contributed by atoms with E-state index in [4.69, 9.17) is 5.11 Å². The summed E-state index contributed by atoms with van der Waals surface area (Å²) < 4.78 is 0. The van der Waals surface area contributed by atoms with Crippen molar-refractivity contribution in [3.8, 4) is 11.1 Å². The summed E-state index contributed by atoms with van der Waals surface area (Å²) in [5, 5.41) is 12.0. The van der Waals surface area contributed by atoms with Gasteiger partial charge in [-0.15, -0.1) is 0 Å². The molecule has 1 unspecified atom stereocenters. The number of hydrogen-bond donors (Lipinski definition) is 2. The van der Waals surface area contributed by atoms with E-state index in [2.05, 4.69) is 41.7 Å². The molecule has 2 aromatic carbocycles. The second-order valence-electron chi connectivity index (χ2n) is 5.35. The Labute approximate surface area is 118 Å². The second kappa shape index (κ2) is 5.00. The largest absolute Gasteiger partial charge is 0.481 e. The maximum atomic E-state index is 10.7. The third kappa shape index (κ3) is 2.39. The number of nitrogens with one attached hydrogen (secondary N) is 1. The molecule has 0 radical (unpaired) electrons. The number of anilines is 1. The van der Waals surface area contributed by atoms with Crippen molar-refractivity contribution in [2.75, 3.05) is 5.32 Å². The first kappa shape index (κ1) is 12.7. The number of rotatable bonds is 4. The van der Waals surface area contributed by atoms with Crippen molar-refractivity contribution in [3.05, 3.63) is 53.6 Å². The summed E-state index contributed by atoms with van der Waals surface area (Å²) >= 11 is 0. The van der Waals surface area contributed by atoms with Gasteiger partial charge in [0, 0.05) is 11.7 Å². The molecule has 3 nitrogen and oxygen atoms in total. The van der Waals surface area contributed by atoms with Crippen LogP contribution in [0.1, 0.15) is 24.5 Å². The standard InChI is InChI=1S/C17H17NO2/c1-11(8-17(19)20)18-14-6-7-16-13(10-14)9-12-4-2-3-5-15(12)16/h2-7,10-11,18H,8-9H2,1H3,(H,19,20). The SMILES string of the molecule is CC(CC(=O)O)Nc1ccc2c(c1)Cc1ccccc1-2. The lowest BCUT2D eigenvalue weighted by molar-refractivity contribution is -0.137. The Kier molecular flexibility index (Phi) is 3.18. The van der Waals surface area contributed by atoms with Crippen LogP contribution in [0.4, 0.5) is 5.69 Å². The molecule has 1 aliphatic carbocycles. The van der Waals surface area contributed by atoms with Crippen molar-refractivity contribution in [1.82, 2.24) is 0 Å². The molecule has 0 saturated heterocycles. The predicted molar refractivity (Wildman–Crippen MR) is 80.0 cm³/mol. The summed E-state index contributed by atoms with van der Waals surface area (Å²) in [6.45, 7) is 1.89. The van der Waals surface area contributed by atoms with E-state index in [-0.39, 0.29) is 12.5 Å². The van der Waals surface area contributed by atoms with Gasteiger partial charge < -0.3 is 10.4 Å². The summed E-state index contributed by atoms with van der Waals surface area (Å²) in [5.74, 6) is -0.779. The molecular weight excluding hydrogens is 250 g/mol. The zero-order chi connectivity index (χ0) is 14.1. The van der Waals surface area contributed by atoms with Crippen LogP contribution in [0, 0.1) is 0 Å². The number of benzene rings is 2. The van der Waals surface area contributed by atoms with Crippen LogP contribution in [-0.2, 0) is 11.2 Å².